The molecule has 0 bridgehead atoms. The first-order valence-electron chi connectivity index (χ1n) is 12.9. The fourth-order valence-corrected chi connectivity index (χ4v) is 6.20. The van der Waals surface area contributed by atoms with Gasteiger partial charge in [-0.15, -0.1) is 0 Å². The van der Waals surface area contributed by atoms with Crippen LogP contribution in [-0.4, -0.2) is 17.8 Å². The Kier molecular flexibility index (Phi) is 6.56. The molecule has 1 atom stereocenters. The third-order valence-electron chi connectivity index (χ3n) is 6.93. The number of hydrogen-bond acceptors (Lipinski definition) is 5. The van der Waals surface area contributed by atoms with Crippen molar-refractivity contribution in [3.8, 4) is 11.5 Å². The van der Waals surface area contributed by atoms with E-state index in [9.17, 15) is 4.79 Å². The maximum Gasteiger partial charge on any atom is 0.271 e. The zero-order valence-electron chi connectivity index (χ0n) is 21.2. The van der Waals surface area contributed by atoms with Crippen LogP contribution in [0.1, 0.15) is 41.6 Å². The smallest absolute Gasteiger partial charge is 0.271 e. The van der Waals surface area contributed by atoms with Gasteiger partial charge < -0.3 is 9.47 Å². The van der Waals surface area contributed by atoms with Gasteiger partial charge in [-0.05, 0) is 72.4 Å². The van der Waals surface area contributed by atoms with Crippen LogP contribution in [0.15, 0.2) is 101 Å². The van der Waals surface area contributed by atoms with E-state index in [-0.39, 0.29) is 11.6 Å². The number of aromatic nitrogens is 1. The van der Waals surface area contributed by atoms with Gasteiger partial charge in [-0.25, -0.2) is 4.99 Å². The number of rotatable bonds is 7. The summed E-state index contributed by atoms with van der Waals surface area (Å²) in [5.41, 5.74) is 6.64. The number of hydrogen-bond donors (Lipinski definition) is 0. The highest BCUT2D eigenvalue weighted by molar-refractivity contribution is 7.07. The van der Waals surface area contributed by atoms with Crippen molar-refractivity contribution >= 4 is 23.1 Å². The molecule has 3 aromatic carbocycles. The van der Waals surface area contributed by atoms with Gasteiger partial charge in [0.2, 0.25) is 0 Å². The number of benzene rings is 3. The summed E-state index contributed by atoms with van der Waals surface area (Å²) in [6.07, 6.45) is 5.45. The minimum atomic E-state index is -0.206. The second kappa shape index (κ2) is 10.3. The summed E-state index contributed by atoms with van der Waals surface area (Å²) in [5, 5.41) is 0. The van der Waals surface area contributed by atoms with E-state index < -0.39 is 0 Å². The van der Waals surface area contributed by atoms with Crippen LogP contribution in [0.3, 0.4) is 0 Å². The van der Waals surface area contributed by atoms with E-state index in [4.69, 9.17) is 14.5 Å². The number of ether oxygens (including phenoxy) is 2. The molecule has 190 valence electrons. The molecule has 5 nitrogen and oxygen atoms in total. The van der Waals surface area contributed by atoms with Crippen molar-refractivity contribution < 1.29 is 9.47 Å². The van der Waals surface area contributed by atoms with Crippen LogP contribution in [0.25, 0.3) is 11.8 Å². The molecule has 0 spiro atoms. The van der Waals surface area contributed by atoms with Gasteiger partial charge in [0.15, 0.2) is 4.80 Å². The molecular weight excluding hydrogens is 492 g/mol. The average Bonchev–Trinajstić information content (AvgIpc) is 3.26. The summed E-state index contributed by atoms with van der Waals surface area (Å²) in [4.78, 5) is 19.7. The number of nitrogens with zero attached hydrogens (tertiary/aromatic N) is 2. The Morgan fingerprint density at radius 1 is 1.00 bits per heavy atom. The van der Waals surface area contributed by atoms with Crippen LogP contribution in [0.4, 0.5) is 0 Å². The Morgan fingerprint density at radius 2 is 1.74 bits per heavy atom. The summed E-state index contributed by atoms with van der Waals surface area (Å²) in [5.74, 6) is 1.60. The first-order chi connectivity index (χ1) is 18.7. The van der Waals surface area contributed by atoms with E-state index in [1.807, 2.05) is 54.0 Å². The van der Waals surface area contributed by atoms with Crippen molar-refractivity contribution in [2.24, 2.45) is 4.99 Å². The minimum Gasteiger partial charge on any atom is -0.494 e. The SMILES string of the molecule is C=CCOc1ccc(C=c2sc3n(c2=O)C(c2ccc(OCC)cc2)C2=C(N=3)c3ccccc3CC2)cc1. The van der Waals surface area contributed by atoms with E-state index in [0.717, 1.165) is 51.5 Å². The molecule has 1 unspecified atom stereocenters. The van der Waals surface area contributed by atoms with Crippen molar-refractivity contribution in [2.75, 3.05) is 13.2 Å². The number of allylic oxidation sites excluding steroid dienone is 1. The maximum atomic E-state index is 13.9. The van der Waals surface area contributed by atoms with E-state index in [0.29, 0.717) is 17.7 Å². The van der Waals surface area contributed by atoms with Crippen LogP contribution in [0.2, 0.25) is 0 Å². The van der Waals surface area contributed by atoms with Crippen molar-refractivity contribution in [3.05, 3.63) is 133 Å². The third-order valence-corrected chi connectivity index (χ3v) is 7.91. The zero-order chi connectivity index (χ0) is 26.1. The third kappa shape index (κ3) is 4.41. The molecule has 6 rings (SSSR count). The summed E-state index contributed by atoms with van der Waals surface area (Å²) in [6.45, 7) is 6.73. The second-order valence-corrected chi connectivity index (χ2v) is 10.3. The lowest BCUT2D eigenvalue weighted by Gasteiger charge is -2.30. The van der Waals surface area contributed by atoms with Crippen molar-refractivity contribution in [2.45, 2.75) is 25.8 Å². The van der Waals surface area contributed by atoms with E-state index >= 15 is 0 Å². The van der Waals surface area contributed by atoms with Gasteiger partial charge in [0.1, 0.15) is 18.1 Å². The molecule has 2 heterocycles. The van der Waals surface area contributed by atoms with Crippen molar-refractivity contribution in [1.82, 2.24) is 4.57 Å². The lowest BCUT2D eigenvalue weighted by atomic mass is 9.83. The van der Waals surface area contributed by atoms with Gasteiger partial charge in [0, 0.05) is 5.56 Å². The molecule has 4 aromatic rings. The molecule has 0 N–H and O–H groups in total. The highest BCUT2D eigenvalue weighted by Gasteiger charge is 2.32. The second-order valence-electron chi connectivity index (χ2n) is 9.28. The number of fused-ring (bicyclic) bond motifs is 3. The van der Waals surface area contributed by atoms with E-state index in [1.165, 1.54) is 22.5 Å². The zero-order valence-corrected chi connectivity index (χ0v) is 22.0. The van der Waals surface area contributed by atoms with Crippen LogP contribution in [0, 0.1) is 0 Å². The van der Waals surface area contributed by atoms with Gasteiger partial charge >= 0.3 is 0 Å². The van der Waals surface area contributed by atoms with Gasteiger partial charge in [0.05, 0.1) is 22.9 Å². The molecule has 0 saturated carbocycles. The molecule has 0 amide bonds. The molecule has 0 saturated heterocycles. The fourth-order valence-electron chi connectivity index (χ4n) is 5.20. The number of aryl methyl sites for hydroxylation is 1. The molecule has 38 heavy (non-hydrogen) atoms. The first-order valence-corrected chi connectivity index (χ1v) is 13.7. The Morgan fingerprint density at radius 3 is 2.50 bits per heavy atom. The summed E-state index contributed by atoms with van der Waals surface area (Å²) in [6, 6.07) is 24.1. The van der Waals surface area contributed by atoms with Crippen LogP contribution >= 0.6 is 11.3 Å². The minimum absolute atomic E-state index is 0.0231. The molecule has 2 aliphatic rings. The Balaban J connectivity index is 1.50. The topological polar surface area (TPSA) is 52.8 Å². The maximum absolute atomic E-state index is 13.9. The van der Waals surface area contributed by atoms with Crippen LogP contribution in [-0.2, 0) is 6.42 Å². The normalized spacial score (nSPS) is 16.2. The molecule has 1 aliphatic heterocycles. The van der Waals surface area contributed by atoms with Crippen LogP contribution < -0.4 is 24.4 Å². The van der Waals surface area contributed by atoms with Gasteiger partial charge in [0.25, 0.3) is 5.56 Å². The highest BCUT2D eigenvalue weighted by Crippen LogP contribution is 2.41. The van der Waals surface area contributed by atoms with Crippen LogP contribution in [0.5, 0.6) is 11.5 Å². The molecule has 1 aliphatic carbocycles. The Labute approximate surface area is 225 Å². The number of thiazole rings is 1. The quantitative estimate of drug-likeness (QED) is 0.312. The monoisotopic (exact) mass is 520 g/mol. The lowest BCUT2D eigenvalue weighted by molar-refractivity contribution is 0.340. The van der Waals surface area contributed by atoms with Crippen molar-refractivity contribution in [3.63, 3.8) is 0 Å². The summed E-state index contributed by atoms with van der Waals surface area (Å²) >= 11 is 1.44. The van der Waals surface area contributed by atoms with Crippen molar-refractivity contribution in [1.29, 1.82) is 0 Å². The van der Waals surface area contributed by atoms with Gasteiger partial charge in [-0.3, -0.25) is 9.36 Å². The summed E-state index contributed by atoms with van der Waals surface area (Å²) in [7, 11) is 0. The average molecular weight is 521 g/mol. The Bertz CT molecular complexity index is 1710. The lowest BCUT2D eigenvalue weighted by Crippen LogP contribution is -2.38. The molecule has 1 aromatic heterocycles. The van der Waals surface area contributed by atoms with E-state index in [2.05, 4.69) is 43.0 Å². The molecule has 6 heteroatoms. The van der Waals surface area contributed by atoms with Gasteiger partial charge in [-0.2, -0.15) is 0 Å². The summed E-state index contributed by atoms with van der Waals surface area (Å²) < 4.78 is 13.8. The molecule has 0 fully saturated rings. The molecular formula is C32H28N2O3S. The molecule has 0 radical (unpaired) electrons. The Hall–Kier alpha value is -4.16. The fraction of sp³-hybridized carbons (Fsp3) is 0.188. The van der Waals surface area contributed by atoms with Gasteiger partial charge in [-0.1, -0.05) is 72.5 Å². The first kappa shape index (κ1) is 24.2. The van der Waals surface area contributed by atoms with E-state index in [1.54, 1.807) is 6.08 Å². The predicted molar refractivity (Wildman–Crippen MR) is 152 cm³/mol. The highest BCUT2D eigenvalue weighted by atomic mass is 32.1. The predicted octanol–water partition coefficient (Wildman–Crippen LogP) is 5.28. The standard InChI is InChI=1S/C32H28N2O3S/c1-3-19-37-25-14-9-21(10-15-25)20-28-31(35)34-30(23-11-16-24(17-12-23)36-4-2)27-18-13-22-7-5-6-8-26(22)29(27)33-32(34)38-28/h3,5-12,14-17,20,30H,1,4,13,18-19H2,2H3. The largest absolute Gasteiger partial charge is 0.494 e.